The van der Waals surface area contributed by atoms with Gasteiger partial charge in [-0.25, -0.2) is 12.8 Å². The van der Waals surface area contributed by atoms with Crippen LogP contribution in [-0.4, -0.2) is 25.3 Å². The van der Waals surface area contributed by atoms with Gasteiger partial charge < -0.3 is 5.73 Å². The van der Waals surface area contributed by atoms with Crippen molar-refractivity contribution in [2.24, 2.45) is 0 Å². The first kappa shape index (κ1) is 16.9. The summed E-state index contributed by atoms with van der Waals surface area (Å²) in [5.74, 6) is -0.691. The predicted molar refractivity (Wildman–Crippen MR) is 77.8 cm³/mol. The van der Waals surface area contributed by atoms with Crippen molar-refractivity contribution < 1.29 is 12.8 Å². The summed E-state index contributed by atoms with van der Waals surface area (Å²) < 4.78 is 39.7. The van der Waals surface area contributed by atoms with E-state index in [-0.39, 0.29) is 34.1 Å². The smallest absolute Gasteiger partial charge is 0.244 e. The number of benzene rings is 1. The number of nitrogens with zero attached hydrogens (tertiary/aromatic N) is 2. The zero-order valence-electron chi connectivity index (χ0n) is 11.1. The van der Waals surface area contributed by atoms with Gasteiger partial charge in [-0.15, -0.1) is 0 Å². The first-order valence-electron chi connectivity index (χ1n) is 5.85. The van der Waals surface area contributed by atoms with Crippen LogP contribution < -0.4 is 5.73 Å². The molecule has 0 spiro atoms. The molecule has 0 fully saturated rings. The average molecular weight is 364 g/mol. The van der Waals surface area contributed by atoms with Crippen LogP contribution in [0.25, 0.3) is 0 Å². The molecule has 0 aromatic heterocycles. The maximum Gasteiger partial charge on any atom is 0.244 e. The fourth-order valence-corrected chi connectivity index (χ4v) is 4.33. The summed E-state index contributed by atoms with van der Waals surface area (Å²) >= 11 is 3.04. The van der Waals surface area contributed by atoms with Crippen molar-refractivity contribution >= 4 is 31.6 Å². The summed E-state index contributed by atoms with van der Waals surface area (Å²) in [6, 6.07) is 3.68. The van der Waals surface area contributed by atoms with Crippen LogP contribution in [0.4, 0.5) is 10.1 Å². The molecule has 2 N–H and O–H groups in total. The monoisotopic (exact) mass is 363 g/mol. The van der Waals surface area contributed by atoms with E-state index in [0.29, 0.717) is 0 Å². The minimum Gasteiger partial charge on any atom is -0.396 e. The van der Waals surface area contributed by atoms with Crippen LogP contribution in [0.3, 0.4) is 0 Å². The third-order valence-corrected chi connectivity index (χ3v) is 5.69. The molecule has 20 heavy (non-hydrogen) atoms. The van der Waals surface area contributed by atoms with E-state index >= 15 is 0 Å². The lowest BCUT2D eigenvalue weighted by molar-refractivity contribution is 0.360. The summed E-state index contributed by atoms with van der Waals surface area (Å²) in [6.45, 7) is 3.48. The minimum atomic E-state index is -3.85. The first-order valence-corrected chi connectivity index (χ1v) is 8.08. The Bertz CT molecular complexity index is 641. The van der Waals surface area contributed by atoms with Crippen molar-refractivity contribution in [2.75, 3.05) is 12.3 Å². The highest BCUT2D eigenvalue weighted by Crippen LogP contribution is 2.30. The van der Waals surface area contributed by atoms with Gasteiger partial charge in [-0.05, 0) is 41.9 Å². The molecular weight excluding hydrogens is 349 g/mol. The fraction of sp³-hybridized carbons (Fsp3) is 0.417. The Morgan fingerprint density at radius 3 is 2.60 bits per heavy atom. The molecule has 0 radical (unpaired) electrons. The van der Waals surface area contributed by atoms with E-state index in [9.17, 15) is 12.8 Å². The van der Waals surface area contributed by atoms with Gasteiger partial charge in [-0.2, -0.15) is 9.57 Å². The van der Waals surface area contributed by atoms with Crippen LogP contribution in [0.2, 0.25) is 0 Å². The van der Waals surface area contributed by atoms with E-state index in [4.69, 9.17) is 11.0 Å². The summed E-state index contributed by atoms with van der Waals surface area (Å²) in [5, 5.41) is 8.62. The maximum atomic E-state index is 13.3. The first-order chi connectivity index (χ1) is 9.21. The van der Waals surface area contributed by atoms with Crippen LogP contribution >= 0.6 is 15.9 Å². The molecule has 1 aromatic rings. The Morgan fingerprint density at radius 1 is 1.50 bits per heavy atom. The van der Waals surface area contributed by atoms with E-state index in [2.05, 4.69) is 15.9 Å². The molecule has 5 nitrogen and oxygen atoms in total. The molecule has 0 saturated carbocycles. The van der Waals surface area contributed by atoms with Gasteiger partial charge in [0.15, 0.2) is 0 Å². The second kappa shape index (κ2) is 6.52. The Labute approximate surface area is 126 Å². The van der Waals surface area contributed by atoms with Gasteiger partial charge >= 0.3 is 0 Å². The summed E-state index contributed by atoms with van der Waals surface area (Å²) in [5.41, 5.74) is 5.19. The number of hydrogen-bond acceptors (Lipinski definition) is 4. The molecule has 8 heteroatoms. The van der Waals surface area contributed by atoms with Gasteiger partial charge in [0.1, 0.15) is 5.82 Å². The topological polar surface area (TPSA) is 87.2 Å². The third kappa shape index (κ3) is 3.48. The molecule has 0 aliphatic heterocycles. The van der Waals surface area contributed by atoms with E-state index in [1.165, 1.54) is 4.31 Å². The number of hydrogen-bond donors (Lipinski definition) is 1. The van der Waals surface area contributed by atoms with Crippen molar-refractivity contribution in [1.29, 1.82) is 5.26 Å². The summed E-state index contributed by atoms with van der Waals surface area (Å²) in [6.07, 6.45) is 0.0751. The fourth-order valence-electron chi connectivity index (χ4n) is 1.68. The molecule has 0 aliphatic rings. The lowest BCUT2D eigenvalue weighted by Gasteiger charge is -2.25. The van der Waals surface area contributed by atoms with Crippen molar-refractivity contribution in [3.8, 4) is 6.07 Å². The quantitative estimate of drug-likeness (QED) is 0.814. The highest BCUT2D eigenvalue weighted by molar-refractivity contribution is 9.10. The van der Waals surface area contributed by atoms with Crippen molar-refractivity contribution in [3.63, 3.8) is 0 Å². The molecule has 1 aromatic carbocycles. The standard InChI is InChI=1S/C12H15BrFN3O2S/c1-8(2)17(5-3-4-15)20(18,19)12-7-11(16)10(14)6-9(12)13/h6-8H,3,5,16H2,1-2H3. The van der Waals surface area contributed by atoms with Gasteiger partial charge in [0.05, 0.1) is 16.7 Å². The van der Waals surface area contributed by atoms with Gasteiger partial charge in [-0.3, -0.25) is 0 Å². The van der Waals surface area contributed by atoms with Crippen molar-refractivity contribution in [2.45, 2.75) is 31.2 Å². The van der Waals surface area contributed by atoms with Gasteiger partial charge in [0, 0.05) is 23.5 Å². The van der Waals surface area contributed by atoms with Crippen molar-refractivity contribution in [1.82, 2.24) is 4.31 Å². The lowest BCUT2D eigenvalue weighted by atomic mass is 10.3. The molecule has 0 atom stereocenters. The highest BCUT2D eigenvalue weighted by Gasteiger charge is 2.29. The predicted octanol–water partition coefficient (Wildman–Crippen LogP) is 2.48. The number of halogens is 2. The van der Waals surface area contributed by atoms with Gasteiger partial charge in [0.25, 0.3) is 0 Å². The molecule has 0 bridgehead atoms. The van der Waals surface area contributed by atoms with Crippen LogP contribution in [0.15, 0.2) is 21.5 Å². The Kier molecular flexibility index (Phi) is 5.50. The van der Waals surface area contributed by atoms with Gasteiger partial charge in [-0.1, -0.05) is 0 Å². The average Bonchev–Trinajstić information content (AvgIpc) is 2.33. The van der Waals surface area contributed by atoms with Crippen LogP contribution in [-0.2, 0) is 10.0 Å². The Hall–Kier alpha value is -1.17. The molecule has 0 aliphatic carbocycles. The van der Waals surface area contributed by atoms with Crippen LogP contribution in [0.5, 0.6) is 0 Å². The zero-order chi connectivity index (χ0) is 15.5. The van der Waals surface area contributed by atoms with Crippen LogP contribution in [0, 0.1) is 17.1 Å². The minimum absolute atomic E-state index is 0.0697. The number of anilines is 1. The van der Waals surface area contributed by atoms with E-state index in [1.807, 2.05) is 6.07 Å². The number of nitrogens with two attached hydrogens (primary N) is 1. The number of nitriles is 1. The van der Waals surface area contributed by atoms with E-state index in [1.54, 1.807) is 13.8 Å². The maximum absolute atomic E-state index is 13.3. The van der Waals surface area contributed by atoms with E-state index in [0.717, 1.165) is 12.1 Å². The molecule has 0 unspecified atom stereocenters. The molecule has 0 amide bonds. The Balaban J connectivity index is 3.34. The van der Waals surface area contributed by atoms with E-state index < -0.39 is 15.8 Å². The third-order valence-electron chi connectivity index (χ3n) is 2.66. The summed E-state index contributed by atoms with van der Waals surface area (Å²) in [7, 11) is -3.85. The second-order valence-electron chi connectivity index (χ2n) is 4.42. The molecule has 0 saturated heterocycles. The number of sulfonamides is 1. The number of rotatable bonds is 5. The second-order valence-corrected chi connectivity index (χ2v) is 7.14. The van der Waals surface area contributed by atoms with Crippen LogP contribution in [0.1, 0.15) is 20.3 Å². The Morgan fingerprint density at radius 2 is 2.10 bits per heavy atom. The highest BCUT2D eigenvalue weighted by atomic mass is 79.9. The molecule has 1 rings (SSSR count). The molecule has 0 heterocycles. The lowest BCUT2D eigenvalue weighted by Crippen LogP contribution is -2.37. The summed E-state index contributed by atoms with van der Waals surface area (Å²) in [4.78, 5) is -0.108. The zero-order valence-corrected chi connectivity index (χ0v) is 13.5. The van der Waals surface area contributed by atoms with Gasteiger partial charge in [0.2, 0.25) is 10.0 Å². The van der Waals surface area contributed by atoms with Crippen molar-refractivity contribution in [3.05, 3.63) is 22.4 Å². The normalized spacial score (nSPS) is 11.8. The molecular formula is C12H15BrFN3O2S. The number of nitrogen functional groups attached to an aromatic ring is 1. The largest absolute Gasteiger partial charge is 0.396 e. The SMILES string of the molecule is CC(C)N(CCC#N)S(=O)(=O)c1cc(N)c(F)cc1Br. The molecule has 110 valence electrons.